The van der Waals surface area contributed by atoms with E-state index in [-0.39, 0.29) is 17.4 Å². The molecular formula is C18H19FN4O3. The topological polar surface area (TPSA) is 76.6 Å². The number of rotatable bonds is 3. The van der Waals surface area contributed by atoms with E-state index in [2.05, 4.69) is 15.5 Å². The summed E-state index contributed by atoms with van der Waals surface area (Å²) in [5.41, 5.74) is 0.562. The van der Waals surface area contributed by atoms with Crippen LogP contribution in [0.4, 0.5) is 15.9 Å². The van der Waals surface area contributed by atoms with E-state index < -0.39 is 5.79 Å². The van der Waals surface area contributed by atoms with Crippen LogP contribution in [0.3, 0.4) is 0 Å². The summed E-state index contributed by atoms with van der Waals surface area (Å²) in [6.45, 7) is 2.32. The number of ether oxygens (including phenoxy) is 2. The van der Waals surface area contributed by atoms with Gasteiger partial charge in [0, 0.05) is 25.9 Å². The van der Waals surface area contributed by atoms with Crippen LogP contribution in [-0.2, 0) is 9.47 Å². The van der Waals surface area contributed by atoms with Gasteiger partial charge >= 0.3 is 0 Å². The Morgan fingerprint density at radius 2 is 1.81 bits per heavy atom. The normalized spacial score (nSPS) is 18.9. The van der Waals surface area contributed by atoms with Gasteiger partial charge in [-0.15, -0.1) is 10.2 Å². The van der Waals surface area contributed by atoms with Crippen molar-refractivity contribution in [2.24, 2.45) is 0 Å². The van der Waals surface area contributed by atoms with E-state index in [0.717, 1.165) is 0 Å². The Bertz CT molecular complexity index is 783. The molecule has 1 amide bonds. The number of carbonyl (C=O) groups is 1. The number of likely N-dealkylation sites (tertiary alicyclic amines) is 1. The Balaban J connectivity index is 1.39. The summed E-state index contributed by atoms with van der Waals surface area (Å²) in [4.78, 5) is 14.3. The van der Waals surface area contributed by atoms with Crippen LogP contribution in [0.25, 0.3) is 0 Å². The van der Waals surface area contributed by atoms with Crippen LogP contribution in [0.2, 0.25) is 0 Å². The fourth-order valence-corrected chi connectivity index (χ4v) is 3.21. The number of aromatic nitrogens is 2. The first-order valence-electron chi connectivity index (χ1n) is 8.58. The van der Waals surface area contributed by atoms with Crippen LogP contribution in [0, 0.1) is 5.82 Å². The number of amides is 1. The molecule has 1 N–H and O–H groups in total. The highest BCUT2D eigenvalue weighted by atomic mass is 19.1. The molecule has 2 aliphatic rings. The van der Waals surface area contributed by atoms with Crippen molar-refractivity contribution in [2.45, 2.75) is 18.6 Å². The predicted octanol–water partition coefficient (Wildman–Crippen LogP) is 2.34. The third-order valence-corrected chi connectivity index (χ3v) is 4.65. The molecule has 26 heavy (non-hydrogen) atoms. The zero-order chi connectivity index (χ0) is 18.0. The van der Waals surface area contributed by atoms with Gasteiger partial charge in [-0.3, -0.25) is 4.79 Å². The Kier molecular flexibility index (Phi) is 4.52. The lowest BCUT2D eigenvalue weighted by atomic mass is 10.0. The minimum absolute atomic E-state index is 0.178. The highest BCUT2D eigenvalue weighted by Crippen LogP contribution is 2.31. The molecule has 0 bridgehead atoms. The summed E-state index contributed by atoms with van der Waals surface area (Å²) in [6, 6.07) is 9.49. The molecule has 2 fully saturated rings. The molecule has 0 saturated carbocycles. The molecule has 0 atom stereocenters. The molecule has 2 saturated heterocycles. The van der Waals surface area contributed by atoms with Crippen molar-refractivity contribution in [1.82, 2.24) is 15.1 Å². The summed E-state index contributed by atoms with van der Waals surface area (Å²) in [6.07, 6.45) is 1.30. The largest absolute Gasteiger partial charge is 0.347 e. The molecule has 0 aliphatic carbocycles. The van der Waals surface area contributed by atoms with Crippen LogP contribution in [-0.4, -0.2) is 53.1 Å². The van der Waals surface area contributed by atoms with E-state index in [9.17, 15) is 9.18 Å². The number of hydrogen-bond acceptors (Lipinski definition) is 6. The molecule has 7 nitrogen and oxygen atoms in total. The number of nitrogens with one attached hydrogen (secondary N) is 1. The highest BCUT2D eigenvalue weighted by Gasteiger charge is 2.41. The molecular weight excluding hydrogens is 339 g/mol. The SMILES string of the molecule is O=C(c1ccc(Nc2ccccc2F)nn1)N1CCC2(CC1)OCCO2. The van der Waals surface area contributed by atoms with Crippen LogP contribution >= 0.6 is 0 Å². The number of para-hydroxylation sites is 1. The van der Waals surface area contributed by atoms with Crippen LogP contribution in [0.5, 0.6) is 0 Å². The molecule has 4 rings (SSSR count). The molecule has 8 heteroatoms. The lowest BCUT2D eigenvalue weighted by Crippen LogP contribution is -2.47. The second-order valence-electron chi connectivity index (χ2n) is 6.31. The summed E-state index contributed by atoms with van der Waals surface area (Å²) in [7, 11) is 0. The minimum atomic E-state index is -0.518. The number of benzene rings is 1. The van der Waals surface area contributed by atoms with E-state index in [4.69, 9.17) is 9.47 Å². The van der Waals surface area contributed by atoms with E-state index in [0.29, 0.717) is 50.7 Å². The van der Waals surface area contributed by atoms with Gasteiger partial charge < -0.3 is 19.7 Å². The van der Waals surface area contributed by atoms with Crippen molar-refractivity contribution in [3.8, 4) is 0 Å². The van der Waals surface area contributed by atoms with Gasteiger partial charge in [-0.1, -0.05) is 12.1 Å². The fraction of sp³-hybridized carbons (Fsp3) is 0.389. The first-order chi connectivity index (χ1) is 12.7. The molecule has 3 heterocycles. The van der Waals surface area contributed by atoms with Crippen molar-refractivity contribution in [1.29, 1.82) is 0 Å². The number of nitrogens with zero attached hydrogens (tertiary/aromatic N) is 3. The van der Waals surface area contributed by atoms with Gasteiger partial charge in [-0.2, -0.15) is 0 Å². The third kappa shape index (κ3) is 3.38. The molecule has 2 aliphatic heterocycles. The molecule has 2 aromatic rings. The number of hydrogen-bond donors (Lipinski definition) is 1. The van der Waals surface area contributed by atoms with E-state index in [1.807, 2.05) is 0 Å². The number of anilines is 2. The standard InChI is InChI=1S/C18H19FN4O3/c19-13-3-1-2-4-14(13)20-16-6-5-15(21-22-16)17(24)23-9-7-18(8-10-23)25-11-12-26-18/h1-6H,7-12H2,(H,20,22). The van der Waals surface area contributed by atoms with Gasteiger partial charge in [-0.25, -0.2) is 4.39 Å². The van der Waals surface area contributed by atoms with Gasteiger partial charge in [-0.05, 0) is 24.3 Å². The molecule has 0 unspecified atom stereocenters. The van der Waals surface area contributed by atoms with Gasteiger partial charge in [0.25, 0.3) is 5.91 Å². The van der Waals surface area contributed by atoms with Gasteiger partial charge in [0.1, 0.15) is 5.82 Å². The van der Waals surface area contributed by atoms with Crippen LogP contribution in [0.15, 0.2) is 36.4 Å². The lowest BCUT2D eigenvalue weighted by Gasteiger charge is -2.37. The molecule has 1 aromatic heterocycles. The molecule has 0 radical (unpaired) electrons. The van der Waals surface area contributed by atoms with Crippen molar-refractivity contribution in [2.75, 3.05) is 31.6 Å². The third-order valence-electron chi connectivity index (χ3n) is 4.65. The first-order valence-corrected chi connectivity index (χ1v) is 8.58. The second-order valence-corrected chi connectivity index (χ2v) is 6.31. The number of carbonyl (C=O) groups excluding carboxylic acids is 1. The summed E-state index contributed by atoms with van der Waals surface area (Å²) in [5.74, 6) is -0.705. The summed E-state index contributed by atoms with van der Waals surface area (Å²) < 4.78 is 25.0. The van der Waals surface area contributed by atoms with Gasteiger partial charge in [0.05, 0.1) is 18.9 Å². The number of piperidine rings is 1. The van der Waals surface area contributed by atoms with Gasteiger partial charge in [0.15, 0.2) is 17.3 Å². The van der Waals surface area contributed by atoms with Crippen molar-refractivity contribution in [3.05, 3.63) is 47.9 Å². The average molecular weight is 358 g/mol. The summed E-state index contributed by atoms with van der Waals surface area (Å²) >= 11 is 0. The number of halogens is 1. The van der Waals surface area contributed by atoms with Gasteiger partial charge in [0.2, 0.25) is 0 Å². The Morgan fingerprint density at radius 3 is 2.46 bits per heavy atom. The highest BCUT2D eigenvalue weighted by molar-refractivity contribution is 5.92. The maximum absolute atomic E-state index is 13.7. The monoisotopic (exact) mass is 358 g/mol. The fourth-order valence-electron chi connectivity index (χ4n) is 3.21. The second kappa shape index (κ2) is 6.97. The maximum Gasteiger partial charge on any atom is 0.274 e. The van der Waals surface area contributed by atoms with E-state index >= 15 is 0 Å². The van der Waals surface area contributed by atoms with E-state index in [1.165, 1.54) is 6.07 Å². The predicted molar refractivity (Wildman–Crippen MR) is 91.5 cm³/mol. The minimum Gasteiger partial charge on any atom is -0.347 e. The Labute approximate surface area is 150 Å². The van der Waals surface area contributed by atoms with Crippen LogP contribution < -0.4 is 5.32 Å². The van der Waals surface area contributed by atoms with Crippen molar-refractivity contribution >= 4 is 17.4 Å². The van der Waals surface area contributed by atoms with E-state index in [1.54, 1.807) is 35.2 Å². The zero-order valence-electron chi connectivity index (χ0n) is 14.2. The van der Waals surface area contributed by atoms with Crippen LogP contribution in [0.1, 0.15) is 23.3 Å². The average Bonchev–Trinajstić information content (AvgIpc) is 3.12. The van der Waals surface area contributed by atoms with Crippen molar-refractivity contribution < 1.29 is 18.7 Å². The molecule has 136 valence electrons. The molecule has 1 spiro atoms. The Morgan fingerprint density at radius 1 is 1.08 bits per heavy atom. The quantitative estimate of drug-likeness (QED) is 0.908. The smallest absolute Gasteiger partial charge is 0.274 e. The maximum atomic E-state index is 13.7. The summed E-state index contributed by atoms with van der Waals surface area (Å²) in [5, 5.41) is 10.8. The Hall–Kier alpha value is -2.58. The zero-order valence-corrected chi connectivity index (χ0v) is 14.2. The first kappa shape index (κ1) is 16.9. The molecule has 1 aromatic carbocycles. The lowest BCUT2D eigenvalue weighted by molar-refractivity contribution is -0.181. The van der Waals surface area contributed by atoms with Crippen molar-refractivity contribution in [3.63, 3.8) is 0 Å².